The number of aromatic hydroxyl groups is 1. The third-order valence-corrected chi connectivity index (χ3v) is 3.63. The monoisotopic (exact) mass is 307 g/mol. The molecule has 7 nitrogen and oxygen atoms in total. The predicted molar refractivity (Wildman–Crippen MR) is 81.7 cm³/mol. The number of anilines is 1. The van der Waals surface area contributed by atoms with Crippen LogP contribution < -0.4 is 11.2 Å². The van der Waals surface area contributed by atoms with Crippen molar-refractivity contribution in [2.24, 2.45) is 0 Å². The molecule has 112 valence electrons. The molecular formula is C13H17N5O2S. The number of nitrogens with zero attached hydrogens (tertiary/aromatic N) is 3. The quantitative estimate of drug-likeness (QED) is 0.439. The third kappa shape index (κ3) is 3.88. The molecule has 2 rings (SSSR count). The number of nitrogens with two attached hydrogens (primary N) is 1. The molecule has 0 saturated heterocycles. The minimum Gasteiger partial charge on any atom is -0.508 e. The number of phenols is 1. The predicted octanol–water partition coefficient (Wildman–Crippen LogP) is 1.55. The molecule has 0 fully saturated rings. The largest absolute Gasteiger partial charge is 0.508 e. The van der Waals surface area contributed by atoms with Crippen LogP contribution in [0.2, 0.25) is 0 Å². The molecule has 0 aliphatic heterocycles. The van der Waals surface area contributed by atoms with Gasteiger partial charge in [-0.05, 0) is 24.3 Å². The molecule has 0 bridgehead atoms. The number of hydrogen-bond acceptors (Lipinski definition) is 6. The van der Waals surface area contributed by atoms with E-state index in [0.717, 1.165) is 0 Å². The van der Waals surface area contributed by atoms with E-state index < -0.39 is 0 Å². The molecule has 1 amide bonds. The molecule has 0 radical (unpaired) electrons. The van der Waals surface area contributed by atoms with E-state index in [0.29, 0.717) is 16.7 Å². The van der Waals surface area contributed by atoms with E-state index in [4.69, 9.17) is 5.84 Å². The minimum absolute atomic E-state index is 0.153. The standard InChI is InChI=1S/C13H17N5O2S/c1-8(2)12-16-17-13(18(12)14)21-7-11(20)15-9-3-5-10(19)6-4-9/h3-6,8,19H,7,14H2,1-2H3,(H,15,20). The highest BCUT2D eigenvalue weighted by Crippen LogP contribution is 2.19. The van der Waals surface area contributed by atoms with Gasteiger partial charge in [0.05, 0.1) is 5.75 Å². The maximum atomic E-state index is 11.8. The Morgan fingerprint density at radius 2 is 2.05 bits per heavy atom. The Bertz CT molecular complexity index is 624. The van der Waals surface area contributed by atoms with E-state index in [1.165, 1.54) is 28.6 Å². The van der Waals surface area contributed by atoms with Crippen LogP contribution in [0.3, 0.4) is 0 Å². The number of carbonyl (C=O) groups is 1. The fourth-order valence-electron chi connectivity index (χ4n) is 1.65. The number of amides is 1. The number of aromatic nitrogens is 3. The summed E-state index contributed by atoms with van der Waals surface area (Å²) in [7, 11) is 0. The number of nitrogens with one attached hydrogen (secondary N) is 1. The van der Waals surface area contributed by atoms with Crippen molar-refractivity contribution >= 4 is 23.4 Å². The van der Waals surface area contributed by atoms with Gasteiger partial charge in [0.1, 0.15) is 5.75 Å². The van der Waals surface area contributed by atoms with Gasteiger partial charge in [0.15, 0.2) is 5.82 Å². The van der Waals surface area contributed by atoms with Crippen molar-refractivity contribution in [1.29, 1.82) is 0 Å². The zero-order valence-electron chi connectivity index (χ0n) is 11.8. The number of hydrogen-bond donors (Lipinski definition) is 3. The van der Waals surface area contributed by atoms with Crippen LogP contribution in [0.5, 0.6) is 5.75 Å². The zero-order valence-corrected chi connectivity index (χ0v) is 12.6. The van der Waals surface area contributed by atoms with Crippen molar-refractivity contribution in [3.8, 4) is 5.75 Å². The first-order valence-corrected chi connectivity index (χ1v) is 7.38. The normalized spacial score (nSPS) is 10.8. The lowest BCUT2D eigenvalue weighted by molar-refractivity contribution is -0.113. The molecule has 21 heavy (non-hydrogen) atoms. The first-order valence-electron chi connectivity index (χ1n) is 6.39. The number of phenolic OH excluding ortho intramolecular Hbond substituents is 1. The summed E-state index contributed by atoms with van der Waals surface area (Å²) in [6.07, 6.45) is 0. The summed E-state index contributed by atoms with van der Waals surface area (Å²) in [5.41, 5.74) is 0.621. The highest BCUT2D eigenvalue weighted by Gasteiger charge is 2.14. The van der Waals surface area contributed by atoms with Gasteiger partial charge in [0.25, 0.3) is 0 Å². The fraction of sp³-hybridized carbons (Fsp3) is 0.308. The van der Waals surface area contributed by atoms with Crippen LogP contribution >= 0.6 is 11.8 Å². The maximum absolute atomic E-state index is 11.8. The van der Waals surface area contributed by atoms with E-state index in [1.807, 2.05) is 13.8 Å². The highest BCUT2D eigenvalue weighted by atomic mass is 32.2. The zero-order chi connectivity index (χ0) is 15.4. The molecule has 4 N–H and O–H groups in total. The van der Waals surface area contributed by atoms with Gasteiger partial charge in [-0.15, -0.1) is 10.2 Å². The number of rotatable bonds is 5. The van der Waals surface area contributed by atoms with Crippen molar-refractivity contribution < 1.29 is 9.90 Å². The Kier molecular flexibility index (Phi) is 4.69. The molecular weight excluding hydrogens is 290 g/mol. The Morgan fingerprint density at radius 1 is 1.38 bits per heavy atom. The summed E-state index contributed by atoms with van der Waals surface area (Å²) in [6.45, 7) is 3.94. The van der Waals surface area contributed by atoms with Gasteiger partial charge in [-0.1, -0.05) is 25.6 Å². The van der Waals surface area contributed by atoms with Gasteiger partial charge in [0, 0.05) is 11.6 Å². The van der Waals surface area contributed by atoms with Crippen molar-refractivity contribution in [3.63, 3.8) is 0 Å². The lowest BCUT2D eigenvalue weighted by Gasteiger charge is -2.06. The Hall–Kier alpha value is -2.22. The summed E-state index contributed by atoms with van der Waals surface area (Å²) >= 11 is 1.22. The van der Waals surface area contributed by atoms with E-state index >= 15 is 0 Å². The Balaban J connectivity index is 1.91. The van der Waals surface area contributed by atoms with Crippen LogP contribution in [0.1, 0.15) is 25.6 Å². The molecule has 8 heteroatoms. The van der Waals surface area contributed by atoms with Gasteiger partial charge in [-0.25, -0.2) is 4.68 Å². The molecule has 0 spiro atoms. The number of nitrogen functional groups attached to an aromatic ring is 1. The molecule has 2 aromatic rings. The topological polar surface area (TPSA) is 106 Å². The fourth-order valence-corrected chi connectivity index (χ4v) is 2.32. The average molecular weight is 307 g/mol. The lowest BCUT2D eigenvalue weighted by atomic mass is 10.2. The van der Waals surface area contributed by atoms with Gasteiger partial charge >= 0.3 is 0 Å². The van der Waals surface area contributed by atoms with Gasteiger partial charge in [-0.3, -0.25) is 4.79 Å². The second-order valence-corrected chi connectivity index (χ2v) is 5.69. The maximum Gasteiger partial charge on any atom is 0.234 e. The molecule has 0 saturated carbocycles. The smallest absolute Gasteiger partial charge is 0.234 e. The summed E-state index contributed by atoms with van der Waals surface area (Å²) < 4.78 is 1.41. The van der Waals surface area contributed by atoms with E-state index in [2.05, 4.69) is 15.5 Å². The second kappa shape index (κ2) is 6.49. The average Bonchev–Trinajstić information content (AvgIpc) is 2.80. The van der Waals surface area contributed by atoms with E-state index in [1.54, 1.807) is 12.1 Å². The summed E-state index contributed by atoms with van der Waals surface area (Å²) in [4.78, 5) is 11.8. The number of benzene rings is 1. The van der Waals surface area contributed by atoms with Gasteiger partial charge in [0.2, 0.25) is 11.1 Å². The van der Waals surface area contributed by atoms with Crippen molar-refractivity contribution in [3.05, 3.63) is 30.1 Å². The van der Waals surface area contributed by atoms with Crippen molar-refractivity contribution in [1.82, 2.24) is 14.9 Å². The van der Waals surface area contributed by atoms with Crippen LogP contribution in [0, 0.1) is 0 Å². The molecule has 1 aromatic heterocycles. The van der Waals surface area contributed by atoms with Crippen LogP contribution in [0.4, 0.5) is 5.69 Å². The molecule has 0 aliphatic carbocycles. The third-order valence-electron chi connectivity index (χ3n) is 2.69. The summed E-state index contributed by atoms with van der Waals surface area (Å²) in [6, 6.07) is 6.27. The molecule has 0 unspecified atom stereocenters. The highest BCUT2D eigenvalue weighted by molar-refractivity contribution is 7.99. The van der Waals surface area contributed by atoms with Gasteiger partial charge in [-0.2, -0.15) is 0 Å². The Morgan fingerprint density at radius 3 is 2.62 bits per heavy atom. The van der Waals surface area contributed by atoms with Crippen LogP contribution in [-0.4, -0.2) is 31.6 Å². The number of carbonyl (C=O) groups excluding carboxylic acids is 1. The minimum atomic E-state index is -0.181. The number of thioether (sulfide) groups is 1. The van der Waals surface area contributed by atoms with E-state index in [9.17, 15) is 9.90 Å². The molecule has 0 aliphatic rings. The molecule has 1 heterocycles. The Labute approximate surface area is 126 Å². The van der Waals surface area contributed by atoms with Crippen molar-refractivity contribution in [2.45, 2.75) is 24.9 Å². The summed E-state index contributed by atoms with van der Waals surface area (Å²) in [5.74, 6) is 6.86. The summed E-state index contributed by atoms with van der Waals surface area (Å²) in [5, 5.41) is 20.4. The SMILES string of the molecule is CC(C)c1nnc(SCC(=O)Nc2ccc(O)cc2)n1N. The first-order chi connectivity index (χ1) is 9.97. The lowest BCUT2D eigenvalue weighted by Crippen LogP contribution is -2.17. The van der Waals surface area contributed by atoms with Crippen LogP contribution in [0.15, 0.2) is 29.4 Å². The van der Waals surface area contributed by atoms with Crippen molar-refractivity contribution in [2.75, 3.05) is 16.9 Å². The first kappa shape index (κ1) is 15.2. The molecule has 1 aromatic carbocycles. The molecule has 0 atom stereocenters. The van der Waals surface area contributed by atoms with Crippen LogP contribution in [-0.2, 0) is 4.79 Å². The second-order valence-electron chi connectivity index (χ2n) is 4.75. The van der Waals surface area contributed by atoms with Crippen LogP contribution in [0.25, 0.3) is 0 Å². The van der Waals surface area contributed by atoms with Gasteiger partial charge < -0.3 is 16.3 Å². The van der Waals surface area contributed by atoms with E-state index in [-0.39, 0.29) is 23.3 Å².